The zero-order valence-electron chi connectivity index (χ0n) is 17.9. The number of benzene rings is 1. The number of carbonyl (C=O) groups excluding carboxylic acids is 1. The van der Waals surface area contributed by atoms with Crippen molar-refractivity contribution in [1.29, 1.82) is 0 Å². The Balaban J connectivity index is 1.98. The van der Waals surface area contributed by atoms with Crippen molar-refractivity contribution in [3.63, 3.8) is 0 Å². The van der Waals surface area contributed by atoms with E-state index in [1.807, 2.05) is 25.1 Å². The fourth-order valence-corrected chi connectivity index (χ4v) is 3.79. The van der Waals surface area contributed by atoms with Gasteiger partial charge in [-0.05, 0) is 42.5 Å². The van der Waals surface area contributed by atoms with Gasteiger partial charge in [0, 0.05) is 31.9 Å². The van der Waals surface area contributed by atoms with Gasteiger partial charge in [0.2, 0.25) is 5.78 Å². The molecule has 0 amide bonds. The molecule has 154 valence electrons. The summed E-state index contributed by atoms with van der Waals surface area (Å²) in [6.07, 6.45) is 3.33. The van der Waals surface area contributed by atoms with Gasteiger partial charge in [0.1, 0.15) is 11.5 Å². The Morgan fingerprint density at radius 2 is 1.86 bits per heavy atom. The van der Waals surface area contributed by atoms with E-state index in [0.717, 1.165) is 18.7 Å². The van der Waals surface area contributed by atoms with Crippen LogP contribution in [-0.2, 0) is 6.54 Å². The van der Waals surface area contributed by atoms with E-state index >= 15 is 0 Å². The van der Waals surface area contributed by atoms with Crippen molar-refractivity contribution in [1.82, 2.24) is 9.88 Å². The van der Waals surface area contributed by atoms with E-state index in [4.69, 9.17) is 4.74 Å². The van der Waals surface area contributed by atoms with Gasteiger partial charge in [-0.1, -0.05) is 33.8 Å². The number of Topliss-reactive ketones (excluding diaryl/α,β-unsaturated/α-hetero) is 1. The summed E-state index contributed by atoms with van der Waals surface area (Å²) in [6, 6.07) is 7.18. The van der Waals surface area contributed by atoms with E-state index in [2.05, 4.69) is 37.6 Å². The van der Waals surface area contributed by atoms with Gasteiger partial charge in [-0.2, -0.15) is 0 Å². The number of ether oxygens (including phenoxy) is 1. The summed E-state index contributed by atoms with van der Waals surface area (Å²) in [4.78, 5) is 19.6. The van der Waals surface area contributed by atoms with Gasteiger partial charge < -0.3 is 9.84 Å². The normalized spacial score (nSPS) is 14.9. The van der Waals surface area contributed by atoms with Gasteiger partial charge >= 0.3 is 0 Å². The third-order valence-corrected chi connectivity index (χ3v) is 4.82. The van der Waals surface area contributed by atoms with Crippen molar-refractivity contribution in [3.05, 3.63) is 58.6 Å². The number of aromatic nitrogens is 1. The molecule has 0 spiro atoms. The molecule has 1 aliphatic rings. The van der Waals surface area contributed by atoms with Crippen molar-refractivity contribution in [2.75, 3.05) is 13.1 Å². The first-order valence-electron chi connectivity index (χ1n) is 10.2. The Kier molecular flexibility index (Phi) is 6.38. The summed E-state index contributed by atoms with van der Waals surface area (Å²) in [6.45, 7) is 12.9. The van der Waals surface area contributed by atoms with E-state index in [-0.39, 0.29) is 17.3 Å². The van der Waals surface area contributed by atoms with Gasteiger partial charge in [-0.15, -0.1) is 0 Å². The lowest BCUT2D eigenvalue weighted by Crippen LogP contribution is -2.31. The van der Waals surface area contributed by atoms with E-state index in [0.29, 0.717) is 41.0 Å². The van der Waals surface area contributed by atoms with Crippen molar-refractivity contribution in [2.45, 2.75) is 41.2 Å². The van der Waals surface area contributed by atoms with Gasteiger partial charge in [0.05, 0.1) is 16.8 Å². The van der Waals surface area contributed by atoms with Crippen molar-refractivity contribution in [2.24, 2.45) is 11.8 Å². The minimum Gasteiger partial charge on any atom is -0.507 e. The SMILES string of the molecule is Cc1cc(O)c(CN(CC(C)C)CC(C)C)c2c1C(=O)/C(=C\c1ccccn1)O2. The molecule has 3 rings (SSSR count). The van der Waals surface area contributed by atoms with Crippen LogP contribution in [-0.4, -0.2) is 33.9 Å². The van der Waals surface area contributed by atoms with Gasteiger partial charge in [0.15, 0.2) is 5.76 Å². The number of nitrogens with zero attached hydrogens (tertiary/aromatic N) is 2. The van der Waals surface area contributed by atoms with Crippen LogP contribution in [0.15, 0.2) is 36.2 Å². The summed E-state index contributed by atoms with van der Waals surface area (Å²) in [7, 11) is 0. The number of rotatable bonds is 7. The van der Waals surface area contributed by atoms with Crippen LogP contribution in [0.2, 0.25) is 0 Å². The molecule has 0 unspecified atom stereocenters. The molecule has 29 heavy (non-hydrogen) atoms. The summed E-state index contributed by atoms with van der Waals surface area (Å²) in [5, 5.41) is 10.7. The highest BCUT2D eigenvalue weighted by atomic mass is 16.5. The largest absolute Gasteiger partial charge is 0.507 e. The molecule has 5 nitrogen and oxygen atoms in total. The van der Waals surface area contributed by atoms with Crippen LogP contribution in [0.5, 0.6) is 11.5 Å². The molecule has 0 saturated heterocycles. The summed E-state index contributed by atoms with van der Waals surface area (Å²) < 4.78 is 6.01. The van der Waals surface area contributed by atoms with Gasteiger partial charge in [0.25, 0.3) is 0 Å². The second kappa shape index (κ2) is 8.78. The standard InChI is InChI=1S/C24H30N2O3/c1-15(2)12-26(13-16(3)4)14-19-20(27)10-17(5)22-23(28)21(29-24(19)22)11-18-8-6-7-9-25-18/h6-11,15-16,27H,12-14H2,1-5H3/b21-11+. The molecular formula is C24H30N2O3. The highest BCUT2D eigenvalue weighted by molar-refractivity contribution is 6.15. The fourth-order valence-electron chi connectivity index (χ4n) is 3.79. The van der Waals surface area contributed by atoms with E-state index in [1.165, 1.54) is 0 Å². The number of ketones is 1. The minimum atomic E-state index is -0.163. The van der Waals surface area contributed by atoms with E-state index in [1.54, 1.807) is 18.3 Å². The Labute approximate surface area is 173 Å². The molecule has 2 aromatic rings. The van der Waals surface area contributed by atoms with Crippen LogP contribution in [0.3, 0.4) is 0 Å². The lowest BCUT2D eigenvalue weighted by atomic mass is 9.99. The van der Waals surface area contributed by atoms with Crippen LogP contribution >= 0.6 is 0 Å². The number of aromatic hydroxyl groups is 1. The third-order valence-electron chi connectivity index (χ3n) is 4.82. The summed E-state index contributed by atoms with van der Waals surface area (Å²) in [5.41, 5.74) is 2.59. The second-order valence-corrected chi connectivity index (χ2v) is 8.57. The number of carbonyl (C=O) groups is 1. The molecule has 1 aromatic heterocycles. The Morgan fingerprint density at radius 1 is 1.17 bits per heavy atom. The predicted molar refractivity (Wildman–Crippen MR) is 115 cm³/mol. The Hall–Kier alpha value is -2.66. The molecule has 2 heterocycles. The molecule has 1 aliphatic heterocycles. The van der Waals surface area contributed by atoms with Gasteiger partial charge in [-0.3, -0.25) is 14.7 Å². The number of fused-ring (bicyclic) bond motifs is 1. The Bertz CT molecular complexity index is 907. The monoisotopic (exact) mass is 394 g/mol. The molecule has 1 N–H and O–H groups in total. The first-order chi connectivity index (χ1) is 13.8. The molecule has 5 heteroatoms. The van der Waals surface area contributed by atoms with Crippen LogP contribution in [0.1, 0.15) is 54.9 Å². The zero-order valence-corrected chi connectivity index (χ0v) is 17.9. The zero-order chi connectivity index (χ0) is 21.1. The average Bonchev–Trinajstić information content (AvgIpc) is 2.95. The topological polar surface area (TPSA) is 62.7 Å². The maximum absolute atomic E-state index is 13.0. The molecule has 1 aromatic carbocycles. The smallest absolute Gasteiger partial charge is 0.232 e. The lowest BCUT2D eigenvalue weighted by Gasteiger charge is -2.27. The number of hydrogen-bond acceptors (Lipinski definition) is 5. The maximum atomic E-state index is 13.0. The average molecular weight is 395 g/mol. The minimum absolute atomic E-state index is 0.163. The van der Waals surface area contributed by atoms with Crippen molar-refractivity contribution in [3.8, 4) is 11.5 Å². The number of pyridine rings is 1. The third kappa shape index (κ3) is 4.85. The summed E-state index contributed by atoms with van der Waals surface area (Å²) in [5.74, 6) is 1.72. The highest BCUT2D eigenvalue weighted by Crippen LogP contribution is 2.42. The van der Waals surface area contributed by atoms with Crippen LogP contribution in [0.25, 0.3) is 6.08 Å². The van der Waals surface area contributed by atoms with Crippen molar-refractivity contribution < 1.29 is 14.6 Å². The predicted octanol–water partition coefficient (Wildman–Crippen LogP) is 4.83. The molecule has 0 radical (unpaired) electrons. The number of phenolic OH excluding ortho intramolecular Hbond substituents is 1. The number of hydrogen-bond donors (Lipinski definition) is 1. The molecular weight excluding hydrogens is 364 g/mol. The van der Waals surface area contributed by atoms with Crippen molar-refractivity contribution >= 4 is 11.9 Å². The molecule has 0 aliphatic carbocycles. The van der Waals surface area contributed by atoms with E-state index < -0.39 is 0 Å². The number of phenols is 1. The Morgan fingerprint density at radius 3 is 2.45 bits per heavy atom. The number of aryl methyl sites for hydroxylation is 1. The molecule has 0 bridgehead atoms. The lowest BCUT2D eigenvalue weighted by molar-refractivity contribution is 0.101. The maximum Gasteiger partial charge on any atom is 0.232 e. The van der Waals surface area contributed by atoms with E-state index in [9.17, 15) is 9.90 Å². The second-order valence-electron chi connectivity index (χ2n) is 8.57. The fraction of sp³-hybridized carbons (Fsp3) is 0.417. The molecule has 0 saturated carbocycles. The first kappa shape index (κ1) is 21.1. The van der Waals surface area contributed by atoms with Crippen LogP contribution in [0.4, 0.5) is 0 Å². The van der Waals surface area contributed by atoms with Gasteiger partial charge in [-0.25, -0.2) is 0 Å². The highest BCUT2D eigenvalue weighted by Gasteiger charge is 2.33. The first-order valence-corrected chi connectivity index (χ1v) is 10.2. The molecule has 0 atom stereocenters. The van der Waals surface area contributed by atoms with Crippen LogP contribution in [0, 0.1) is 18.8 Å². The van der Waals surface area contributed by atoms with Crippen LogP contribution < -0.4 is 4.74 Å². The number of allylic oxidation sites excluding steroid dienone is 1. The summed E-state index contributed by atoms with van der Waals surface area (Å²) >= 11 is 0. The molecule has 0 fully saturated rings. The quantitative estimate of drug-likeness (QED) is 0.682.